The summed E-state index contributed by atoms with van der Waals surface area (Å²) in [5.41, 5.74) is 2.40. The van der Waals surface area contributed by atoms with Crippen LogP contribution in [0.25, 0.3) is 0 Å². The highest BCUT2D eigenvalue weighted by Crippen LogP contribution is 2.28. The fraction of sp³-hybridized carbons (Fsp3) is 0.588. The van der Waals surface area contributed by atoms with E-state index in [1.165, 1.54) is 18.4 Å². The Hall–Kier alpha value is -1.39. The van der Waals surface area contributed by atoms with Crippen molar-refractivity contribution in [3.05, 3.63) is 35.4 Å². The summed E-state index contributed by atoms with van der Waals surface area (Å²) >= 11 is 0. The van der Waals surface area contributed by atoms with E-state index in [9.17, 15) is 4.79 Å². The molecule has 0 aromatic heterocycles. The third-order valence-electron chi connectivity index (χ3n) is 4.19. The van der Waals surface area contributed by atoms with Crippen LogP contribution in [-0.2, 0) is 16.0 Å². The van der Waals surface area contributed by atoms with E-state index in [4.69, 9.17) is 4.74 Å². The molecule has 1 amide bonds. The van der Waals surface area contributed by atoms with Gasteiger partial charge in [-0.2, -0.15) is 0 Å². The van der Waals surface area contributed by atoms with E-state index in [0.29, 0.717) is 6.54 Å². The zero-order valence-corrected chi connectivity index (χ0v) is 12.4. The van der Waals surface area contributed by atoms with Gasteiger partial charge in [0.1, 0.15) is 6.04 Å². The maximum atomic E-state index is 12.3. The molecule has 1 aromatic rings. The summed E-state index contributed by atoms with van der Waals surface area (Å²) in [7, 11) is 0. The lowest BCUT2D eigenvalue weighted by Gasteiger charge is -2.26. The summed E-state index contributed by atoms with van der Waals surface area (Å²) in [4.78, 5) is 12.3. The molecule has 0 saturated heterocycles. The van der Waals surface area contributed by atoms with E-state index in [1.54, 1.807) is 0 Å². The van der Waals surface area contributed by atoms with Crippen LogP contribution in [0.2, 0.25) is 0 Å². The average Bonchev–Trinajstić information content (AvgIpc) is 3.34. The first-order valence-corrected chi connectivity index (χ1v) is 8.01. The Morgan fingerprint density at radius 3 is 3.05 bits per heavy atom. The highest BCUT2D eigenvalue weighted by molar-refractivity contribution is 5.83. The topological polar surface area (TPSA) is 50.4 Å². The first-order valence-electron chi connectivity index (χ1n) is 8.01. The number of hydrogen-bond acceptors (Lipinski definition) is 3. The molecule has 4 nitrogen and oxygen atoms in total. The number of rotatable bonds is 7. The van der Waals surface area contributed by atoms with E-state index >= 15 is 0 Å². The molecule has 114 valence electrons. The van der Waals surface area contributed by atoms with Crippen molar-refractivity contribution in [3.8, 4) is 0 Å². The van der Waals surface area contributed by atoms with E-state index in [-0.39, 0.29) is 11.9 Å². The second-order valence-corrected chi connectivity index (χ2v) is 6.00. The summed E-state index contributed by atoms with van der Waals surface area (Å²) < 4.78 is 5.57. The van der Waals surface area contributed by atoms with Gasteiger partial charge in [-0.1, -0.05) is 24.3 Å². The van der Waals surface area contributed by atoms with Crippen LogP contribution in [0.4, 0.5) is 0 Å². The van der Waals surface area contributed by atoms with Gasteiger partial charge in [0.05, 0.1) is 0 Å². The highest BCUT2D eigenvalue weighted by Gasteiger charge is 2.25. The van der Waals surface area contributed by atoms with Crippen LogP contribution in [-0.4, -0.2) is 32.2 Å². The number of fused-ring (bicyclic) bond motifs is 1. The minimum Gasteiger partial charge on any atom is -0.381 e. The molecule has 0 spiro atoms. The van der Waals surface area contributed by atoms with Gasteiger partial charge in [-0.15, -0.1) is 0 Å². The molecule has 1 unspecified atom stereocenters. The van der Waals surface area contributed by atoms with Gasteiger partial charge in [-0.3, -0.25) is 4.79 Å². The Morgan fingerprint density at radius 1 is 1.33 bits per heavy atom. The molecule has 21 heavy (non-hydrogen) atoms. The second kappa shape index (κ2) is 7.05. The summed E-state index contributed by atoms with van der Waals surface area (Å²) in [5.74, 6) is 0.881. The van der Waals surface area contributed by atoms with Crippen molar-refractivity contribution in [2.45, 2.75) is 31.7 Å². The number of benzene rings is 1. The van der Waals surface area contributed by atoms with Gasteiger partial charge in [0.2, 0.25) is 5.91 Å². The Labute approximate surface area is 126 Å². The fourth-order valence-electron chi connectivity index (χ4n) is 2.76. The van der Waals surface area contributed by atoms with Crippen molar-refractivity contribution in [1.82, 2.24) is 10.6 Å². The summed E-state index contributed by atoms with van der Waals surface area (Å²) in [6, 6.07) is 7.99. The first kappa shape index (κ1) is 14.5. The standard InChI is InChI=1S/C17H24N2O2/c20-17(19-9-3-11-21-12-13-6-7-13)16-15-5-2-1-4-14(15)8-10-18-16/h1-2,4-5,13,16,18H,3,6-12H2,(H,19,20). The van der Waals surface area contributed by atoms with Crippen LogP contribution >= 0.6 is 0 Å². The Kier molecular flexibility index (Phi) is 4.88. The summed E-state index contributed by atoms with van der Waals surface area (Å²) in [6.07, 6.45) is 4.52. The van der Waals surface area contributed by atoms with E-state index in [1.807, 2.05) is 18.2 Å². The monoisotopic (exact) mass is 288 g/mol. The van der Waals surface area contributed by atoms with Crippen LogP contribution in [0.3, 0.4) is 0 Å². The fourth-order valence-corrected chi connectivity index (χ4v) is 2.76. The second-order valence-electron chi connectivity index (χ2n) is 6.00. The van der Waals surface area contributed by atoms with Crippen molar-refractivity contribution in [1.29, 1.82) is 0 Å². The molecule has 0 radical (unpaired) electrons. The predicted octanol–water partition coefficient (Wildman–Crippen LogP) is 1.81. The van der Waals surface area contributed by atoms with Gasteiger partial charge in [0.15, 0.2) is 0 Å². The number of amides is 1. The number of carbonyl (C=O) groups is 1. The number of carbonyl (C=O) groups excluding carboxylic acids is 1. The Balaban J connectivity index is 1.41. The first-order chi connectivity index (χ1) is 10.3. The maximum absolute atomic E-state index is 12.3. The van der Waals surface area contributed by atoms with Crippen LogP contribution in [0.5, 0.6) is 0 Å². The molecule has 2 aliphatic rings. The van der Waals surface area contributed by atoms with Gasteiger partial charge in [-0.25, -0.2) is 0 Å². The smallest absolute Gasteiger partial charge is 0.241 e. The average molecular weight is 288 g/mol. The van der Waals surface area contributed by atoms with E-state index in [0.717, 1.165) is 44.1 Å². The van der Waals surface area contributed by atoms with Crippen molar-refractivity contribution in [3.63, 3.8) is 0 Å². The van der Waals surface area contributed by atoms with Gasteiger partial charge in [-0.05, 0) is 42.7 Å². The molecule has 2 N–H and O–H groups in total. The minimum atomic E-state index is -0.206. The molecular formula is C17H24N2O2. The predicted molar refractivity (Wildman–Crippen MR) is 82.1 cm³/mol. The normalized spacial score (nSPS) is 20.9. The molecule has 1 heterocycles. The Bertz CT molecular complexity index is 485. The van der Waals surface area contributed by atoms with Crippen molar-refractivity contribution < 1.29 is 9.53 Å². The highest BCUT2D eigenvalue weighted by atomic mass is 16.5. The van der Waals surface area contributed by atoms with Gasteiger partial charge in [0.25, 0.3) is 0 Å². The van der Waals surface area contributed by atoms with E-state index < -0.39 is 0 Å². The molecular weight excluding hydrogens is 264 g/mol. The largest absolute Gasteiger partial charge is 0.381 e. The number of nitrogens with one attached hydrogen (secondary N) is 2. The zero-order valence-electron chi connectivity index (χ0n) is 12.4. The van der Waals surface area contributed by atoms with Crippen LogP contribution in [0, 0.1) is 5.92 Å². The third-order valence-corrected chi connectivity index (χ3v) is 4.19. The lowest BCUT2D eigenvalue weighted by atomic mass is 9.94. The molecule has 3 rings (SSSR count). The SMILES string of the molecule is O=C(NCCCOCC1CC1)C1NCCc2ccccc21. The molecule has 4 heteroatoms. The van der Waals surface area contributed by atoms with Crippen LogP contribution in [0.15, 0.2) is 24.3 Å². The molecule has 1 atom stereocenters. The molecule has 0 bridgehead atoms. The lowest BCUT2D eigenvalue weighted by molar-refractivity contribution is -0.123. The van der Waals surface area contributed by atoms with Crippen molar-refractivity contribution in [2.75, 3.05) is 26.3 Å². The van der Waals surface area contributed by atoms with E-state index in [2.05, 4.69) is 16.7 Å². The zero-order chi connectivity index (χ0) is 14.5. The molecule has 1 saturated carbocycles. The Morgan fingerprint density at radius 2 is 2.19 bits per heavy atom. The van der Waals surface area contributed by atoms with Gasteiger partial charge < -0.3 is 15.4 Å². The van der Waals surface area contributed by atoms with Crippen molar-refractivity contribution >= 4 is 5.91 Å². The lowest BCUT2D eigenvalue weighted by Crippen LogP contribution is -2.41. The number of ether oxygens (including phenoxy) is 1. The molecule has 1 aromatic carbocycles. The quantitative estimate of drug-likeness (QED) is 0.752. The summed E-state index contributed by atoms with van der Waals surface area (Å²) in [6.45, 7) is 3.18. The third kappa shape index (κ3) is 4.05. The minimum absolute atomic E-state index is 0.0735. The number of hydrogen-bond donors (Lipinski definition) is 2. The molecule has 1 fully saturated rings. The molecule has 1 aliphatic heterocycles. The van der Waals surface area contributed by atoms with Crippen LogP contribution < -0.4 is 10.6 Å². The summed E-state index contributed by atoms with van der Waals surface area (Å²) in [5, 5.41) is 6.32. The maximum Gasteiger partial charge on any atom is 0.241 e. The van der Waals surface area contributed by atoms with Crippen LogP contribution in [0.1, 0.15) is 36.4 Å². The van der Waals surface area contributed by atoms with Crippen molar-refractivity contribution in [2.24, 2.45) is 5.92 Å². The molecule has 1 aliphatic carbocycles. The van der Waals surface area contributed by atoms with Gasteiger partial charge in [0, 0.05) is 26.3 Å². The van der Waals surface area contributed by atoms with Gasteiger partial charge >= 0.3 is 0 Å².